The van der Waals surface area contributed by atoms with Crippen molar-refractivity contribution in [2.24, 2.45) is 0 Å². The molecule has 8 heteroatoms. The lowest BCUT2D eigenvalue weighted by Crippen LogP contribution is -2.23. The summed E-state index contributed by atoms with van der Waals surface area (Å²) in [6.45, 7) is 3.53. The molecule has 1 N–H and O–H groups in total. The number of hydrogen-bond donors (Lipinski definition) is 1. The number of unbranched alkanes of at least 4 members (excludes halogenated alkanes) is 1. The van der Waals surface area contributed by atoms with E-state index in [1.54, 1.807) is 14.2 Å². The summed E-state index contributed by atoms with van der Waals surface area (Å²) in [5.41, 5.74) is 4.08. The van der Waals surface area contributed by atoms with Gasteiger partial charge in [0.25, 0.3) is 5.91 Å². The minimum absolute atomic E-state index is 0.186. The van der Waals surface area contributed by atoms with Gasteiger partial charge in [0.05, 0.1) is 25.3 Å². The molecule has 0 radical (unpaired) electrons. The van der Waals surface area contributed by atoms with Crippen LogP contribution in [0, 0.1) is 0 Å². The Morgan fingerprint density at radius 2 is 1.92 bits per heavy atom. The fourth-order valence-corrected chi connectivity index (χ4v) is 4.44. The van der Waals surface area contributed by atoms with Crippen LogP contribution in [0.4, 0.5) is 0 Å². The van der Waals surface area contributed by atoms with Crippen LogP contribution >= 0.6 is 0 Å². The number of hydrogen-bond acceptors (Lipinski definition) is 6. The van der Waals surface area contributed by atoms with Crippen LogP contribution in [-0.2, 0) is 13.1 Å². The van der Waals surface area contributed by atoms with E-state index in [9.17, 15) is 4.79 Å². The summed E-state index contributed by atoms with van der Waals surface area (Å²) in [7, 11) is 3.18. The van der Waals surface area contributed by atoms with Gasteiger partial charge in [-0.25, -0.2) is 4.98 Å². The Balaban J connectivity index is 1.43. The van der Waals surface area contributed by atoms with Crippen molar-refractivity contribution in [3.8, 4) is 34.4 Å². The molecule has 0 unspecified atom stereocenters. The fraction of sp³-hybridized carbons (Fsp3) is 0.286. The number of ether oxygens (including phenoxy) is 4. The Morgan fingerprint density at radius 3 is 2.72 bits per heavy atom. The lowest BCUT2D eigenvalue weighted by Gasteiger charge is -2.13. The van der Waals surface area contributed by atoms with Crippen LogP contribution in [0.5, 0.6) is 23.0 Å². The average molecular weight is 488 g/mol. The molecule has 1 aromatic heterocycles. The van der Waals surface area contributed by atoms with Crippen molar-refractivity contribution in [2.75, 3.05) is 21.0 Å². The van der Waals surface area contributed by atoms with E-state index >= 15 is 0 Å². The molecule has 0 saturated carbocycles. The number of imidazole rings is 1. The van der Waals surface area contributed by atoms with Gasteiger partial charge >= 0.3 is 0 Å². The van der Waals surface area contributed by atoms with Gasteiger partial charge in [-0.2, -0.15) is 0 Å². The Bertz CT molecular complexity index is 1410. The van der Waals surface area contributed by atoms with Crippen molar-refractivity contribution >= 4 is 16.9 Å². The predicted molar refractivity (Wildman–Crippen MR) is 137 cm³/mol. The molecule has 4 aromatic rings. The van der Waals surface area contributed by atoms with E-state index in [1.807, 2.05) is 54.6 Å². The molecule has 1 aliphatic rings. The van der Waals surface area contributed by atoms with E-state index in [-0.39, 0.29) is 12.7 Å². The van der Waals surface area contributed by atoms with Crippen molar-refractivity contribution < 1.29 is 23.7 Å². The van der Waals surface area contributed by atoms with Gasteiger partial charge in [-0.15, -0.1) is 0 Å². The van der Waals surface area contributed by atoms with Gasteiger partial charge in [0, 0.05) is 29.8 Å². The number of para-hydroxylation sites is 1. The van der Waals surface area contributed by atoms with Crippen molar-refractivity contribution in [3.05, 3.63) is 65.7 Å². The number of methoxy groups -OCH3 is 2. The third-order valence-corrected chi connectivity index (χ3v) is 6.30. The quantitative estimate of drug-likeness (QED) is 0.350. The van der Waals surface area contributed by atoms with Crippen molar-refractivity contribution in [2.45, 2.75) is 32.9 Å². The summed E-state index contributed by atoms with van der Waals surface area (Å²) in [4.78, 5) is 18.0. The SMILES string of the molecule is CCCCn1c(-c2ccc3c(c2)OCO3)nc2cc(C(=O)NCc3cccc(OC)c3OC)ccc21. The number of rotatable bonds is 9. The van der Waals surface area contributed by atoms with E-state index in [1.165, 1.54) is 0 Å². The summed E-state index contributed by atoms with van der Waals surface area (Å²) in [6, 6.07) is 17.1. The standard InChI is InChI=1S/C28H29N3O5/c1-4-5-13-31-22-11-9-19(28(32)29-16-20-7-6-8-24(33-2)26(20)34-3)14-21(22)30-27(31)18-10-12-23-25(15-18)36-17-35-23/h6-12,14-15H,4-5,13,16-17H2,1-3H3,(H,29,32). The predicted octanol–water partition coefficient (Wildman–Crippen LogP) is 5.18. The molecular weight excluding hydrogens is 458 g/mol. The van der Waals surface area contributed by atoms with E-state index in [2.05, 4.69) is 16.8 Å². The van der Waals surface area contributed by atoms with E-state index in [0.29, 0.717) is 23.6 Å². The molecule has 0 fully saturated rings. The van der Waals surface area contributed by atoms with Gasteiger partial charge in [-0.3, -0.25) is 4.79 Å². The van der Waals surface area contributed by atoms with Crippen LogP contribution in [0.15, 0.2) is 54.6 Å². The number of nitrogens with one attached hydrogen (secondary N) is 1. The first-order valence-electron chi connectivity index (χ1n) is 12.0. The van der Waals surface area contributed by atoms with Gasteiger partial charge in [0.15, 0.2) is 23.0 Å². The highest BCUT2D eigenvalue weighted by Crippen LogP contribution is 2.37. The molecule has 5 rings (SSSR count). The van der Waals surface area contributed by atoms with Crippen molar-refractivity contribution in [3.63, 3.8) is 0 Å². The summed E-state index contributed by atoms with van der Waals surface area (Å²) in [5, 5.41) is 2.98. The highest BCUT2D eigenvalue weighted by Gasteiger charge is 2.19. The number of nitrogens with zero attached hydrogens (tertiary/aromatic N) is 2. The van der Waals surface area contributed by atoms with Gasteiger partial charge < -0.3 is 28.8 Å². The van der Waals surface area contributed by atoms with Crippen LogP contribution in [0.1, 0.15) is 35.7 Å². The second kappa shape index (κ2) is 10.2. The third kappa shape index (κ3) is 4.42. The van der Waals surface area contributed by atoms with E-state index < -0.39 is 0 Å². The maximum atomic E-state index is 13.0. The Kier molecular flexibility index (Phi) is 6.66. The highest BCUT2D eigenvalue weighted by molar-refractivity contribution is 5.98. The number of fused-ring (bicyclic) bond motifs is 2. The lowest BCUT2D eigenvalue weighted by molar-refractivity contribution is 0.0950. The first kappa shape index (κ1) is 23.5. The topological polar surface area (TPSA) is 83.8 Å². The molecular formula is C28H29N3O5. The molecule has 1 amide bonds. The average Bonchev–Trinajstić information content (AvgIpc) is 3.53. The maximum absolute atomic E-state index is 13.0. The van der Waals surface area contributed by atoms with Crippen molar-refractivity contribution in [1.82, 2.24) is 14.9 Å². The number of aromatic nitrogens is 2. The smallest absolute Gasteiger partial charge is 0.251 e. The molecule has 0 aliphatic carbocycles. The van der Waals surface area contributed by atoms with Crippen LogP contribution < -0.4 is 24.3 Å². The summed E-state index contributed by atoms with van der Waals surface area (Å²) < 4.78 is 24.1. The molecule has 186 valence electrons. The number of aryl methyl sites for hydroxylation is 1. The first-order valence-corrected chi connectivity index (χ1v) is 12.0. The molecule has 2 heterocycles. The second-order valence-electron chi connectivity index (χ2n) is 8.55. The summed E-state index contributed by atoms with van der Waals surface area (Å²) in [6.07, 6.45) is 2.09. The number of benzene rings is 3. The third-order valence-electron chi connectivity index (χ3n) is 6.30. The van der Waals surface area contributed by atoms with Gasteiger partial charge in [-0.05, 0) is 48.9 Å². The van der Waals surface area contributed by atoms with Gasteiger partial charge in [0.1, 0.15) is 5.82 Å². The van der Waals surface area contributed by atoms with Gasteiger partial charge in [-0.1, -0.05) is 25.5 Å². The van der Waals surface area contributed by atoms with Gasteiger partial charge in [0.2, 0.25) is 6.79 Å². The number of amides is 1. The zero-order valence-electron chi connectivity index (χ0n) is 20.7. The minimum Gasteiger partial charge on any atom is -0.493 e. The second-order valence-corrected chi connectivity index (χ2v) is 8.55. The van der Waals surface area contributed by atoms with E-state index in [4.69, 9.17) is 23.9 Å². The molecule has 3 aromatic carbocycles. The number of carbonyl (C=O) groups is 1. The molecule has 0 spiro atoms. The highest BCUT2D eigenvalue weighted by atomic mass is 16.7. The normalized spacial score (nSPS) is 12.1. The molecule has 8 nitrogen and oxygen atoms in total. The molecule has 0 bridgehead atoms. The summed E-state index contributed by atoms with van der Waals surface area (Å²) in [5.74, 6) is 3.35. The van der Waals surface area contributed by atoms with Crippen molar-refractivity contribution in [1.29, 1.82) is 0 Å². The summed E-state index contributed by atoms with van der Waals surface area (Å²) >= 11 is 0. The zero-order chi connectivity index (χ0) is 25.1. The van der Waals surface area contributed by atoms with Crippen LogP contribution in [0.3, 0.4) is 0 Å². The Labute approximate surface area is 209 Å². The Hall–Kier alpha value is -4.20. The monoisotopic (exact) mass is 487 g/mol. The Morgan fingerprint density at radius 1 is 1.06 bits per heavy atom. The molecule has 36 heavy (non-hydrogen) atoms. The first-order chi connectivity index (χ1) is 17.6. The molecule has 0 atom stereocenters. The fourth-order valence-electron chi connectivity index (χ4n) is 4.44. The number of carbonyl (C=O) groups excluding carboxylic acids is 1. The van der Waals surface area contributed by atoms with E-state index in [0.717, 1.165) is 58.9 Å². The largest absolute Gasteiger partial charge is 0.493 e. The zero-order valence-corrected chi connectivity index (χ0v) is 20.7. The minimum atomic E-state index is -0.186. The molecule has 0 saturated heterocycles. The van der Waals surface area contributed by atoms with Crippen LogP contribution in [0.2, 0.25) is 0 Å². The van der Waals surface area contributed by atoms with Crippen LogP contribution in [0.25, 0.3) is 22.4 Å². The molecule has 1 aliphatic heterocycles. The maximum Gasteiger partial charge on any atom is 0.251 e. The lowest BCUT2D eigenvalue weighted by atomic mass is 10.1. The van der Waals surface area contributed by atoms with Crippen LogP contribution in [-0.4, -0.2) is 36.5 Å².